The first kappa shape index (κ1) is 13.0. The molecule has 0 spiro atoms. The molecule has 5 heteroatoms. The number of fused-ring (bicyclic) bond motifs is 1. The van der Waals surface area contributed by atoms with Crippen LogP contribution in [0.3, 0.4) is 0 Å². The number of rotatable bonds is 2. The molecular formula is C14H17ClFNO2. The lowest BCUT2D eigenvalue weighted by Gasteiger charge is -2.25. The van der Waals surface area contributed by atoms with Gasteiger partial charge in [0.1, 0.15) is 24.1 Å². The maximum Gasteiger partial charge on any atom is 0.182 e. The molecule has 0 aliphatic carbocycles. The quantitative estimate of drug-likeness (QED) is 0.906. The number of ether oxygens (including phenoxy) is 2. The minimum Gasteiger partial charge on any atom is -0.486 e. The Morgan fingerprint density at radius 3 is 3.00 bits per heavy atom. The molecule has 0 saturated carbocycles. The maximum atomic E-state index is 14.3. The van der Waals surface area contributed by atoms with Crippen LogP contribution in [-0.2, 0) is 6.42 Å². The normalized spacial score (nSPS) is 22.3. The molecule has 2 aliphatic rings. The Morgan fingerprint density at radius 2 is 2.21 bits per heavy atom. The first-order valence-electron chi connectivity index (χ1n) is 6.73. The van der Waals surface area contributed by atoms with Crippen molar-refractivity contribution in [2.75, 3.05) is 26.3 Å². The van der Waals surface area contributed by atoms with Crippen molar-refractivity contribution in [3.05, 3.63) is 22.5 Å². The van der Waals surface area contributed by atoms with Gasteiger partial charge in [-0.25, -0.2) is 4.39 Å². The molecule has 0 radical (unpaired) electrons. The standard InChI is InChI=1S/C14H17ClFNO2/c15-12-13(16)10(6-9-2-1-3-17-8-9)7-11-14(12)19-5-4-18-11/h7,9,17H,1-6,8H2. The van der Waals surface area contributed by atoms with Crippen molar-refractivity contribution in [2.45, 2.75) is 19.3 Å². The van der Waals surface area contributed by atoms with Crippen molar-refractivity contribution in [2.24, 2.45) is 5.92 Å². The van der Waals surface area contributed by atoms with Gasteiger partial charge in [-0.15, -0.1) is 0 Å². The molecule has 1 aromatic carbocycles. The summed E-state index contributed by atoms with van der Waals surface area (Å²) in [6, 6.07) is 1.74. The summed E-state index contributed by atoms with van der Waals surface area (Å²) in [6.07, 6.45) is 2.96. The highest BCUT2D eigenvalue weighted by molar-refractivity contribution is 6.32. The third kappa shape index (κ3) is 2.65. The summed E-state index contributed by atoms with van der Waals surface area (Å²) in [5.74, 6) is 1.01. The number of halogens is 2. The molecule has 0 amide bonds. The van der Waals surface area contributed by atoms with E-state index in [1.807, 2.05) is 0 Å². The third-order valence-electron chi connectivity index (χ3n) is 3.70. The zero-order valence-corrected chi connectivity index (χ0v) is 11.4. The maximum absolute atomic E-state index is 14.3. The Balaban J connectivity index is 1.86. The van der Waals surface area contributed by atoms with Gasteiger partial charge < -0.3 is 14.8 Å². The lowest BCUT2D eigenvalue weighted by atomic mass is 9.92. The second-order valence-electron chi connectivity index (χ2n) is 5.10. The topological polar surface area (TPSA) is 30.5 Å². The van der Waals surface area contributed by atoms with Gasteiger partial charge >= 0.3 is 0 Å². The molecule has 1 N–H and O–H groups in total. The van der Waals surface area contributed by atoms with E-state index >= 15 is 0 Å². The van der Waals surface area contributed by atoms with E-state index in [0.717, 1.165) is 25.9 Å². The van der Waals surface area contributed by atoms with Crippen LogP contribution in [0.4, 0.5) is 4.39 Å². The van der Waals surface area contributed by atoms with E-state index in [9.17, 15) is 4.39 Å². The SMILES string of the molecule is Fc1c(CC2CCCNC2)cc2c(c1Cl)OCCO2. The van der Waals surface area contributed by atoms with E-state index < -0.39 is 0 Å². The van der Waals surface area contributed by atoms with E-state index in [-0.39, 0.29) is 10.8 Å². The minimum absolute atomic E-state index is 0.0518. The minimum atomic E-state index is -0.364. The molecule has 104 valence electrons. The van der Waals surface area contributed by atoms with Crippen LogP contribution < -0.4 is 14.8 Å². The van der Waals surface area contributed by atoms with Crippen LogP contribution in [0.5, 0.6) is 11.5 Å². The molecule has 2 aliphatic heterocycles. The summed E-state index contributed by atoms with van der Waals surface area (Å²) in [6.45, 7) is 2.89. The molecule has 19 heavy (non-hydrogen) atoms. The van der Waals surface area contributed by atoms with Crippen molar-refractivity contribution in [1.82, 2.24) is 5.32 Å². The van der Waals surface area contributed by atoms with Crippen LogP contribution in [-0.4, -0.2) is 26.3 Å². The van der Waals surface area contributed by atoms with E-state index in [1.54, 1.807) is 6.07 Å². The zero-order valence-electron chi connectivity index (χ0n) is 10.7. The number of hydrogen-bond donors (Lipinski definition) is 1. The predicted molar refractivity (Wildman–Crippen MR) is 71.7 cm³/mol. The molecule has 1 unspecified atom stereocenters. The Labute approximate surface area is 117 Å². The summed E-state index contributed by atoms with van der Waals surface area (Å²) < 4.78 is 25.1. The van der Waals surface area contributed by atoms with Crippen molar-refractivity contribution < 1.29 is 13.9 Å². The van der Waals surface area contributed by atoms with Gasteiger partial charge in [0.25, 0.3) is 0 Å². The Hall–Kier alpha value is -1.00. The fraction of sp³-hybridized carbons (Fsp3) is 0.571. The monoisotopic (exact) mass is 285 g/mol. The van der Waals surface area contributed by atoms with Gasteiger partial charge in [-0.1, -0.05) is 11.6 Å². The molecule has 3 rings (SSSR count). The largest absolute Gasteiger partial charge is 0.486 e. The first-order valence-corrected chi connectivity index (χ1v) is 7.10. The van der Waals surface area contributed by atoms with Crippen LogP contribution in [0, 0.1) is 11.7 Å². The molecule has 0 bridgehead atoms. The smallest absolute Gasteiger partial charge is 0.182 e. The van der Waals surface area contributed by atoms with E-state index in [1.165, 1.54) is 0 Å². The fourth-order valence-corrected chi connectivity index (χ4v) is 3.00. The third-order valence-corrected chi connectivity index (χ3v) is 4.04. The average Bonchev–Trinajstić information content (AvgIpc) is 2.46. The van der Waals surface area contributed by atoms with Gasteiger partial charge in [-0.2, -0.15) is 0 Å². The molecule has 1 atom stereocenters. The highest BCUT2D eigenvalue weighted by atomic mass is 35.5. The Bertz CT molecular complexity index is 475. The van der Waals surface area contributed by atoms with Crippen LogP contribution in [0.2, 0.25) is 5.02 Å². The van der Waals surface area contributed by atoms with Crippen molar-refractivity contribution in [3.63, 3.8) is 0 Å². The van der Waals surface area contributed by atoms with Crippen molar-refractivity contribution in [1.29, 1.82) is 0 Å². The lowest BCUT2D eigenvalue weighted by molar-refractivity contribution is 0.170. The summed E-state index contributed by atoms with van der Waals surface area (Å²) in [7, 11) is 0. The van der Waals surface area contributed by atoms with E-state index in [0.29, 0.717) is 42.6 Å². The van der Waals surface area contributed by atoms with Gasteiger partial charge in [0, 0.05) is 0 Å². The van der Waals surface area contributed by atoms with E-state index in [2.05, 4.69) is 5.32 Å². The summed E-state index contributed by atoms with van der Waals surface area (Å²) in [5, 5.41) is 3.39. The predicted octanol–water partition coefficient (Wildman–Crippen LogP) is 2.79. The summed E-state index contributed by atoms with van der Waals surface area (Å²) >= 11 is 6.04. The number of piperidine rings is 1. The summed E-state index contributed by atoms with van der Waals surface area (Å²) in [5.41, 5.74) is 0.628. The molecule has 2 heterocycles. The van der Waals surface area contributed by atoms with Gasteiger partial charge in [-0.05, 0) is 49.9 Å². The van der Waals surface area contributed by atoms with Gasteiger partial charge in [-0.3, -0.25) is 0 Å². The number of nitrogens with one attached hydrogen (secondary N) is 1. The molecule has 0 aromatic heterocycles. The van der Waals surface area contributed by atoms with Gasteiger partial charge in [0.2, 0.25) is 0 Å². The summed E-state index contributed by atoms with van der Waals surface area (Å²) in [4.78, 5) is 0. The molecule has 1 aromatic rings. The second-order valence-corrected chi connectivity index (χ2v) is 5.48. The Kier molecular flexibility index (Phi) is 3.80. The van der Waals surface area contributed by atoms with Crippen LogP contribution in [0.15, 0.2) is 6.07 Å². The van der Waals surface area contributed by atoms with Crippen molar-refractivity contribution >= 4 is 11.6 Å². The second kappa shape index (κ2) is 5.55. The molecular weight excluding hydrogens is 269 g/mol. The Morgan fingerprint density at radius 1 is 1.37 bits per heavy atom. The van der Waals surface area contributed by atoms with Gasteiger partial charge in [0.05, 0.1) is 0 Å². The highest BCUT2D eigenvalue weighted by Gasteiger charge is 2.24. The number of benzene rings is 1. The molecule has 3 nitrogen and oxygen atoms in total. The molecule has 1 saturated heterocycles. The highest BCUT2D eigenvalue weighted by Crippen LogP contribution is 2.41. The zero-order chi connectivity index (χ0) is 13.2. The number of hydrogen-bond acceptors (Lipinski definition) is 3. The van der Waals surface area contributed by atoms with Gasteiger partial charge in [0.15, 0.2) is 11.5 Å². The average molecular weight is 286 g/mol. The van der Waals surface area contributed by atoms with Crippen LogP contribution in [0.25, 0.3) is 0 Å². The van der Waals surface area contributed by atoms with E-state index in [4.69, 9.17) is 21.1 Å². The van der Waals surface area contributed by atoms with Crippen LogP contribution in [0.1, 0.15) is 18.4 Å². The van der Waals surface area contributed by atoms with Crippen molar-refractivity contribution in [3.8, 4) is 11.5 Å². The fourth-order valence-electron chi connectivity index (χ4n) is 2.73. The lowest BCUT2D eigenvalue weighted by Crippen LogP contribution is -2.31. The van der Waals surface area contributed by atoms with Crippen LogP contribution >= 0.6 is 11.6 Å². The molecule has 1 fully saturated rings. The first-order chi connectivity index (χ1) is 9.25.